The zero-order chi connectivity index (χ0) is 30.0. The maximum absolute atomic E-state index is 12.0. The van der Waals surface area contributed by atoms with E-state index >= 15 is 0 Å². The summed E-state index contributed by atoms with van der Waals surface area (Å²) >= 11 is 0. The molecule has 0 aliphatic carbocycles. The number of carbonyl (C=O) groups excluding carboxylic acids is 1. The fourth-order valence-electron chi connectivity index (χ4n) is 3.97. The summed E-state index contributed by atoms with van der Waals surface area (Å²) in [5.41, 5.74) is 3.48. The van der Waals surface area contributed by atoms with Crippen LogP contribution < -0.4 is 4.90 Å². The molecule has 42 heavy (non-hydrogen) atoms. The lowest BCUT2D eigenvalue weighted by Crippen LogP contribution is -2.10. The van der Waals surface area contributed by atoms with Gasteiger partial charge in [-0.25, -0.2) is 9.59 Å². The second kappa shape index (κ2) is 13.9. The quantitative estimate of drug-likeness (QED) is 0.146. The minimum atomic E-state index is -4.65. The van der Waals surface area contributed by atoms with Crippen molar-refractivity contribution in [1.82, 2.24) is 0 Å². The minimum absolute atomic E-state index is 0.0574. The molecule has 8 nitrogen and oxygen atoms in total. The monoisotopic (exact) mass is 581 g/mol. The van der Waals surface area contributed by atoms with E-state index in [1.165, 1.54) is 17.1 Å². The number of aromatic carboxylic acids is 1. The number of ether oxygens (including phenoxy) is 1. The molecule has 0 aliphatic heterocycles. The first-order chi connectivity index (χ1) is 20.2. The second-order valence-corrected chi connectivity index (χ2v) is 10.4. The number of carboxylic acids is 1. The lowest BCUT2D eigenvalue weighted by molar-refractivity contribution is 0.0472. The molecule has 0 atom stereocenters. The molecule has 0 fully saturated rings. The van der Waals surface area contributed by atoms with Gasteiger partial charge in [-0.1, -0.05) is 84.9 Å². The summed E-state index contributed by atoms with van der Waals surface area (Å²) in [6.07, 6.45) is 0. The van der Waals surface area contributed by atoms with Gasteiger partial charge in [0.15, 0.2) is 0 Å². The first-order valence-electron chi connectivity index (χ1n) is 12.7. The van der Waals surface area contributed by atoms with Crippen LogP contribution in [0.15, 0.2) is 144 Å². The van der Waals surface area contributed by atoms with E-state index in [0.29, 0.717) is 5.56 Å². The molecular weight excluding hydrogens is 554 g/mol. The normalized spacial score (nSPS) is 10.6. The highest BCUT2D eigenvalue weighted by Crippen LogP contribution is 2.33. The Bertz CT molecular complexity index is 1640. The predicted octanol–water partition coefficient (Wildman–Crippen LogP) is 7.14. The topological polar surface area (TPSA) is 121 Å². The van der Waals surface area contributed by atoms with Crippen molar-refractivity contribution < 1.29 is 32.4 Å². The van der Waals surface area contributed by atoms with Crippen LogP contribution in [0.5, 0.6) is 0 Å². The Morgan fingerprint density at radius 2 is 1.02 bits per heavy atom. The summed E-state index contributed by atoms with van der Waals surface area (Å²) in [5, 5.41) is 8.96. The molecule has 0 aliphatic rings. The number of carbonyl (C=O) groups is 2. The average Bonchev–Trinajstić information content (AvgIpc) is 3.02. The SMILES string of the molecule is O=C(O)c1cc(C(=O)OCc2ccccc2)cc(S(=O)(=O)O)c1.c1ccc(N(c2ccccc2)c2ccccc2)cc1. The Morgan fingerprint density at radius 1 is 0.619 bits per heavy atom. The van der Waals surface area contributed by atoms with Gasteiger partial charge in [0.05, 0.1) is 16.0 Å². The van der Waals surface area contributed by atoms with Gasteiger partial charge in [0, 0.05) is 17.1 Å². The number of para-hydroxylation sites is 3. The summed E-state index contributed by atoms with van der Waals surface area (Å²) in [6, 6.07) is 42.6. The van der Waals surface area contributed by atoms with Crippen molar-refractivity contribution in [3.8, 4) is 0 Å². The largest absolute Gasteiger partial charge is 0.478 e. The maximum Gasteiger partial charge on any atom is 0.338 e. The number of esters is 1. The molecule has 0 heterocycles. The lowest BCUT2D eigenvalue weighted by Gasteiger charge is -2.25. The highest BCUT2D eigenvalue weighted by Gasteiger charge is 2.19. The van der Waals surface area contributed by atoms with Crippen LogP contribution in [0.2, 0.25) is 0 Å². The van der Waals surface area contributed by atoms with Crippen molar-refractivity contribution in [2.24, 2.45) is 0 Å². The third kappa shape index (κ3) is 8.14. The molecule has 0 amide bonds. The van der Waals surface area contributed by atoms with E-state index in [1.807, 2.05) is 18.2 Å². The van der Waals surface area contributed by atoms with Crippen LogP contribution in [0.1, 0.15) is 26.3 Å². The molecule has 0 bridgehead atoms. The Hall–Kier alpha value is -5.25. The Kier molecular flexibility index (Phi) is 9.83. The van der Waals surface area contributed by atoms with Gasteiger partial charge in [-0.05, 0) is 60.2 Å². The highest BCUT2D eigenvalue weighted by molar-refractivity contribution is 7.85. The Balaban J connectivity index is 0.000000196. The number of anilines is 3. The lowest BCUT2D eigenvalue weighted by atomic mass is 10.1. The molecule has 0 aromatic heterocycles. The van der Waals surface area contributed by atoms with E-state index in [1.54, 1.807) is 30.3 Å². The zero-order valence-corrected chi connectivity index (χ0v) is 23.1. The maximum atomic E-state index is 12.0. The van der Waals surface area contributed by atoms with Gasteiger partial charge in [-0.15, -0.1) is 0 Å². The highest BCUT2D eigenvalue weighted by atomic mass is 32.2. The number of nitrogens with zero attached hydrogens (tertiary/aromatic N) is 1. The van der Waals surface area contributed by atoms with Crippen molar-refractivity contribution >= 4 is 39.1 Å². The Labute approximate surface area is 243 Å². The van der Waals surface area contributed by atoms with Gasteiger partial charge < -0.3 is 14.7 Å². The first kappa shape index (κ1) is 29.7. The molecule has 212 valence electrons. The second-order valence-electron chi connectivity index (χ2n) is 8.93. The molecule has 0 unspecified atom stereocenters. The number of rotatable bonds is 8. The van der Waals surface area contributed by atoms with Gasteiger partial charge in [0.1, 0.15) is 6.61 Å². The molecule has 9 heteroatoms. The van der Waals surface area contributed by atoms with E-state index < -0.39 is 32.5 Å². The van der Waals surface area contributed by atoms with Gasteiger partial charge in [-0.3, -0.25) is 4.55 Å². The van der Waals surface area contributed by atoms with E-state index in [0.717, 1.165) is 18.2 Å². The Morgan fingerprint density at radius 3 is 1.43 bits per heavy atom. The van der Waals surface area contributed by atoms with Crippen molar-refractivity contribution in [2.45, 2.75) is 11.5 Å². The molecule has 0 radical (unpaired) electrons. The fraction of sp³-hybridized carbons (Fsp3) is 0.0303. The number of hydrogen-bond donors (Lipinski definition) is 2. The average molecular weight is 582 g/mol. The molecule has 0 saturated heterocycles. The summed E-state index contributed by atoms with van der Waals surface area (Å²) < 4.78 is 36.4. The molecule has 0 saturated carbocycles. The number of benzene rings is 5. The summed E-state index contributed by atoms with van der Waals surface area (Å²) in [7, 11) is -4.65. The third-order valence-corrected chi connectivity index (χ3v) is 6.77. The number of hydrogen-bond acceptors (Lipinski definition) is 6. The molecule has 0 spiro atoms. The van der Waals surface area contributed by atoms with E-state index in [-0.39, 0.29) is 12.2 Å². The van der Waals surface area contributed by atoms with Crippen LogP contribution in [0, 0.1) is 0 Å². The van der Waals surface area contributed by atoms with Crippen molar-refractivity contribution in [3.63, 3.8) is 0 Å². The van der Waals surface area contributed by atoms with Crippen molar-refractivity contribution in [2.75, 3.05) is 4.90 Å². The third-order valence-electron chi connectivity index (χ3n) is 5.94. The van der Waals surface area contributed by atoms with Gasteiger partial charge in [-0.2, -0.15) is 8.42 Å². The molecule has 5 aromatic carbocycles. The van der Waals surface area contributed by atoms with Crippen LogP contribution in [-0.4, -0.2) is 30.0 Å². The van der Waals surface area contributed by atoms with Crippen LogP contribution in [-0.2, 0) is 21.5 Å². The standard InChI is InChI=1S/C18H15N.C15H12O7S/c1-4-10-16(11-5-1)19(17-12-6-2-7-13-17)18-14-8-3-9-15-18;16-14(17)11-6-12(8-13(7-11)23(19,20)21)15(18)22-9-10-4-2-1-3-5-10/h1-15H;1-8H,9H2,(H,16,17)(H,19,20,21). The van der Waals surface area contributed by atoms with Crippen LogP contribution >= 0.6 is 0 Å². The van der Waals surface area contributed by atoms with E-state index in [4.69, 9.17) is 14.4 Å². The summed E-state index contributed by atoms with van der Waals surface area (Å²) in [5.74, 6) is -2.34. The van der Waals surface area contributed by atoms with Gasteiger partial charge >= 0.3 is 11.9 Å². The molecule has 2 N–H and O–H groups in total. The smallest absolute Gasteiger partial charge is 0.338 e. The van der Waals surface area contributed by atoms with Gasteiger partial charge in [0.25, 0.3) is 10.1 Å². The number of carboxylic acid groups (broad SMARTS) is 1. The molecule has 5 aromatic rings. The molecular formula is C33H27NO7S. The van der Waals surface area contributed by atoms with Crippen LogP contribution in [0.4, 0.5) is 17.1 Å². The molecule has 5 rings (SSSR count). The van der Waals surface area contributed by atoms with Crippen molar-refractivity contribution in [1.29, 1.82) is 0 Å². The summed E-state index contributed by atoms with van der Waals surface area (Å²) in [6.45, 7) is -0.0574. The van der Waals surface area contributed by atoms with Gasteiger partial charge in [0.2, 0.25) is 0 Å². The van der Waals surface area contributed by atoms with E-state index in [9.17, 15) is 18.0 Å². The van der Waals surface area contributed by atoms with Crippen LogP contribution in [0.25, 0.3) is 0 Å². The zero-order valence-electron chi connectivity index (χ0n) is 22.3. The van der Waals surface area contributed by atoms with E-state index in [2.05, 4.69) is 77.7 Å². The minimum Gasteiger partial charge on any atom is -0.478 e. The van der Waals surface area contributed by atoms with Crippen LogP contribution in [0.3, 0.4) is 0 Å². The first-order valence-corrected chi connectivity index (χ1v) is 14.2. The summed E-state index contributed by atoms with van der Waals surface area (Å²) in [4.78, 5) is 24.5. The fourth-order valence-corrected chi connectivity index (χ4v) is 4.53. The van der Waals surface area contributed by atoms with Crippen molar-refractivity contribution in [3.05, 3.63) is 156 Å². The predicted molar refractivity (Wildman–Crippen MR) is 160 cm³/mol.